The Morgan fingerprint density at radius 3 is 2.61 bits per heavy atom. The molecule has 0 amide bonds. The Hall–Kier alpha value is -1.78. The second-order valence-corrected chi connectivity index (χ2v) is 4.78. The molecule has 0 bridgehead atoms. The van der Waals surface area contributed by atoms with Crippen molar-refractivity contribution < 1.29 is 19.4 Å². The third-order valence-electron chi connectivity index (χ3n) is 3.09. The molecule has 1 saturated carbocycles. The van der Waals surface area contributed by atoms with E-state index in [1.54, 1.807) is 12.3 Å². The number of aliphatic carboxylic acids is 1. The van der Waals surface area contributed by atoms with Crippen LogP contribution in [0.5, 0.6) is 11.6 Å². The average molecular weight is 251 g/mol. The molecule has 18 heavy (non-hydrogen) atoms. The van der Waals surface area contributed by atoms with Crippen LogP contribution in [-0.4, -0.2) is 29.3 Å². The van der Waals surface area contributed by atoms with Crippen LogP contribution in [-0.2, 0) is 10.2 Å². The third-order valence-corrected chi connectivity index (χ3v) is 3.09. The van der Waals surface area contributed by atoms with Crippen LogP contribution >= 0.6 is 0 Å². The maximum Gasteiger partial charge on any atom is 0.314 e. The molecule has 1 aromatic heterocycles. The molecule has 0 unspecified atom stereocenters. The lowest BCUT2D eigenvalue weighted by Crippen LogP contribution is -2.22. The first-order chi connectivity index (χ1) is 8.49. The number of pyridine rings is 1. The van der Waals surface area contributed by atoms with Gasteiger partial charge in [-0.05, 0) is 26.7 Å². The number of methoxy groups -OCH3 is 1. The molecule has 5 nitrogen and oxygen atoms in total. The van der Waals surface area contributed by atoms with Crippen LogP contribution in [0.4, 0.5) is 0 Å². The van der Waals surface area contributed by atoms with Gasteiger partial charge in [0.05, 0.1) is 18.6 Å². The Kier molecular flexibility index (Phi) is 3.15. The van der Waals surface area contributed by atoms with Gasteiger partial charge in [-0.25, -0.2) is 4.98 Å². The van der Waals surface area contributed by atoms with E-state index in [-0.39, 0.29) is 6.10 Å². The molecular weight excluding hydrogens is 234 g/mol. The predicted octanol–water partition coefficient (Wildman–Crippen LogP) is 1.99. The fraction of sp³-hybridized carbons (Fsp3) is 0.538. The molecule has 0 saturated heterocycles. The van der Waals surface area contributed by atoms with Gasteiger partial charge in [0.25, 0.3) is 0 Å². The van der Waals surface area contributed by atoms with E-state index in [9.17, 15) is 9.90 Å². The number of hydrogen-bond donors (Lipinski definition) is 1. The third kappa shape index (κ3) is 2.12. The van der Waals surface area contributed by atoms with Crippen molar-refractivity contribution in [3.63, 3.8) is 0 Å². The van der Waals surface area contributed by atoms with Crippen LogP contribution in [0.15, 0.2) is 12.3 Å². The zero-order valence-corrected chi connectivity index (χ0v) is 10.8. The molecule has 1 aliphatic carbocycles. The largest absolute Gasteiger partial charge is 0.490 e. The minimum Gasteiger partial charge on any atom is -0.490 e. The summed E-state index contributed by atoms with van der Waals surface area (Å²) in [5.41, 5.74) is -0.173. The summed E-state index contributed by atoms with van der Waals surface area (Å²) in [4.78, 5) is 15.5. The van der Waals surface area contributed by atoms with Crippen molar-refractivity contribution in [2.24, 2.45) is 0 Å². The molecule has 0 spiro atoms. The number of carboxylic acids is 1. The van der Waals surface area contributed by atoms with Crippen LogP contribution < -0.4 is 9.47 Å². The monoisotopic (exact) mass is 251 g/mol. The predicted molar refractivity (Wildman–Crippen MR) is 65.1 cm³/mol. The highest BCUT2D eigenvalue weighted by molar-refractivity contribution is 5.85. The van der Waals surface area contributed by atoms with Gasteiger partial charge in [0.1, 0.15) is 5.75 Å². The summed E-state index contributed by atoms with van der Waals surface area (Å²) < 4.78 is 10.7. The Morgan fingerprint density at radius 2 is 2.17 bits per heavy atom. The highest BCUT2D eigenvalue weighted by Crippen LogP contribution is 2.51. The van der Waals surface area contributed by atoms with Gasteiger partial charge in [-0.1, -0.05) is 0 Å². The minimum absolute atomic E-state index is 0.0274. The standard InChI is InChI=1S/C13H17NO4/c1-8(2)18-10-6-11(17-3)14-7-9(10)13(4-5-13)12(15)16/h6-8H,4-5H2,1-3H3,(H,15,16). The lowest BCUT2D eigenvalue weighted by Gasteiger charge is -2.18. The van der Waals surface area contributed by atoms with Crippen LogP contribution in [0.1, 0.15) is 32.3 Å². The zero-order valence-electron chi connectivity index (χ0n) is 10.8. The summed E-state index contributed by atoms with van der Waals surface area (Å²) in [6.07, 6.45) is 2.79. The van der Waals surface area contributed by atoms with Crippen molar-refractivity contribution in [2.45, 2.75) is 38.2 Å². The number of rotatable bonds is 5. The fourth-order valence-electron chi connectivity index (χ4n) is 1.96. The Morgan fingerprint density at radius 1 is 1.50 bits per heavy atom. The topological polar surface area (TPSA) is 68.7 Å². The molecule has 98 valence electrons. The smallest absolute Gasteiger partial charge is 0.314 e. The Balaban J connectivity index is 2.43. The lowest BCUT2D eigenvalue weighted by molar-refractivity contribution is -0.140. The number of hydrogen-bond acceptors (Lipinski definition) is 4. The molecular formula is C13H17NO4. The van der Waals surface area contributed by atoms with Crippen molar-refractivity contribution in [2.75, 3.05) is 7.11 Å². The number of nitrogens with zero attached hydrogens (tertiary/aromatic N) is 1. The molecule has 0 radical (unpaired) electrons. The zero-order chi connectivity index (χ0) is 13.3. The van der Waals surface area contributed by atoms with Gasteiger partial charge in [0.2, 0.25) is 5.88 Å². The lowest BCUT2D eigenvalue weighted by atomic mass is 9.97. The van der Waals surface area contributed by atoms with Crippen LogP contribution in [0.25, 0.3) is 0 Å². The van der Waals surface area contributed by atoms with Gasteiger partial charge in [0.15, 0.2) is 0 Å². The summed E-state index contributed by atoms with van der Waals surface area (Å²) >= 11 is 0. The average Bonchev–Trinajstić information content (AvgIpc) is 3.09. The van der Waals surface area contributed by atoms with Crippen molar-refractivity contribution >= 4 is 5.97 Å². The Bertz CT molecular complexity index is 466. The number of carboxylic acid groups (broad SMARTS) is 1. The normalized spacial score (nSPS) is 16.4. The van der Waals surface area contributed by atoms with E-state index in [1.807, 2.05) is 13.8 Å². The highest BCUT2D eigenvalue weighted by Gasteiger charge is 2.53. The van der Waals surface area contributed by atoms with E-state index >= 15 is 0 Å². The van der Waals surface area contributed by atoms with E-state index in [2.05, 4.69) is 4.98 Å². The maximum atomic E-state index is 11.4. The summed E-state index contributed by atoms with van der Waals surface area (Å²) in [6.45, 7) is 3.80. The van der Waals surface area contributed by atoms with E-state index in [4.69, 9.17) is 9.47 Å². The number of aromatic nitrogens is 1. The van der Waals surface area contributed by atoms with Gasteiger partial charge >= 0.3 is 5.97 Å². The molecule has 1 aromatic rings. The molecule has 2 rings (SSSR count). The first kappa shape index (κ1) is 12.7. The van der Waals surface area contributed by atoms with Gasteiger partial charge in [-0.3, -0.25) is 4.79 Å². The van der Waals surface area contributed by atoms with Crippen molar-refractivity contribution in [3.05, 3.63) is 17.8 Å². The van der Waals surface area contributed by atoms with Gasteiger partial charge in [-0.15, -0.1) is 0 Å². The SMILES string of the molecule is COc1cc(OC(C)C)c(C2(C(=O)O)CC2)cn1. The van der Waals surface area contributed by atoms with Crippen LogP contribution in [0, 0.1) is 0 Å². The van der Waals surface area contributed by atoms with Crippen LogP contribution in [0.2, 0.25) is 0 Å². The van der Waals surface area contributed by atoms with E-state index in [0.29, 0.717) is 30.0 Å². The quantitative estimate of drug-likeness (QED) is 0.866. The van der Waals surface area contributed by atoms with Crippen molar-refractivity contribution in [1.29, 1.82) is 0 Å². The maximum absolute atomic E-state index is 11.4. The summed E-state index contributed by atoms with van der Waals surface area (Å²) in [5.74, 6) is 0.162. The molecule has 5 heteroatoms. The molecule has 1 heterocycles. The summed E-state index contributed by atoms with van der Waals surface area (Å²) in [6, 6.07) is 1.65. The van der Waals surface area contributed by atoms with Gasteiger partial charge < -0.3 is 14.6 Å². The molecule has 1 aliphatic rings. The fourth-order valence-corrected chi connectivity index (χ4v) is 1.96. The number of carbonyl (C=O) groups is 1. The summed E-state index contributed by atoms with van der Waals surface area (Å²) in [7, 11) is 1.52. The van der Waals surface area contributed by atoms with E-state index in [0.717, 1.165) is 0 Å². The Labute approximate surface area is 106 Å². The molecule has 1 fully saturated rings. The van der Waals surface area contributed by atoms with Crippen LogP contribution in [0.3, 0.4) is 0 Å². The van der Waals surface area contributed by atoms with E-state index in [1.165, 1.54) is 7.11 Å². The van der Waals surface area contributed by atoms with Crippen molar-refractivity contribution in [1.82, 2.24) is 4.98 Å². The molecule has 0 atom stereocenters. The van der Waals surface area contributed by atoms with E-state index < -0.39 is 11.4 Å². The second kappa shape index (κ2) is 4.48. The van der Waals surface area contributed by atoms with Crippen molar-refractivity contribution in [3.8, 4) is 11.6 Å². The molecule has 0 aliphatic heterocycles. The van der Waals surface area contributed by atoms with Gasteiger partial charge in [0, 0.05) is 17.8 Å². The first-order valence-corrected chi connectivity index (χ1v) is 5.94. The molecule has 1 N–H and O–H groups in total. The molecule has 0 aromatic carbocycles. The van der Waals surface area contributed by atoms with Gasteiger partial charge in [-0.2, -0.15) is 0 Å². The minimum atomic E-state index is -0.817. The highest BCUT2D eigenvalue weighted by atomic mass is 16.5. The first-order valence-electron chi connectivity index (χ1n) is 5.94. The summed E-state index contributed by atoms with van der Waals surface area (Å²) in [5, 5.41) is 9.33. The second-order valence-electron chi connectivity index (χ2n) is 4.78. The number of ether oxygens (including phenoxy) is 2.